The number of hydrogen-bond acceptors (Lipinski definition) is 1. The molecule has 1 aromatic rings. The van der Waals surface area contributed by atoms with Crippen LogP contribution in [0.1, 0.15) is 23.6 Å². The van der Waals surface area contributed by atoms with E-state index >= 15 is 0 Å². The molecule has 0 amide bonds. The minimum Gasteiger partial charge on any atom is -0.393 e. The summed E-state index contributed by atoms with van der Waals surface area (Å²) in [5.41, 5.74) is 3.86. The van der Waals surface area contributed by atoms with Crippen LogP contribution in [0.2, 0.25) is 0 Å². The first kappa shape index (κ1) is 9.27. The highest BCUT2D eigenvalue weighted by Crippen LogP contribution is 2.14. The van der Waals surface area contributed by atoms with Crippen LogP contribution >= 0.6 is 0 Å². The van der Waals surface area contributed by atoms with E-state index in [1.165, 1.54) is 16.7 Å². The third-order valence-electron chi connectivity index (χ3n) is 2.23. The fourth-order valence-electron chi connectivity index (χ4n) is 1.35. The maximum Gasteiger partial charge on any atom is 0.0552 e. The molecule has 0 aliphatic carbocycles. The van der Waals surface area contributed by atoms with Crippen LogP contribution in [0.4, 0.5) is 0 Å². The smallest absolute Gasteiger partial charge is 0.0552 e. The highest BCUT2D eigenvalue weighted by atomic mass is 16.3. The first-order chi connectivity index (χ1) is 5.61. The molecule has 0 saturated carbocycles. The van der Waals surface area contributed by atoms with Gasteiger partial charge < -0.3 is 5.11 Å². The van der Waals surface area contributed by atoms with E-state index in [1.807, 2.05) is 13.0 Å². The number of hydrogen-bond donors (Lipinski definition) is 1. The lowest BCUT2D eigenvalue weighted by Gasteiger charge is -2.09. The average molecular weight is 164 g/mol. The Morgan fingerprint density at radius 1 is 1.33 bits per heavy atom. The summed E-state index contributed by atoms with van der Waals surface area (Å²) in [7, 11) is 0. The van der Waals surface area contributed by atoms with Crippen molar-refractivity contribution in [3.8, 4) is 0 Å². The van der Waals surface area contributed by atoms with Gasteiger partial charge in [0.25, 0.3) is 0 Å². The first-order valence-corrected chi connectivity index (χ1v) is 4.34. The monoisotopic (exact) mass is 164 g/mol. The Kier molecular flexibility index (Phi) is 2.88. The molecule has 12 heavy (non-hydrogen) atoms. The molecule has 1 N–H and O–H groups in total. The molecule has 1 nitrogen and oxygen atoms in total. The summed E-state index contributed by atoms with van der Waals surface area (Å²) in [5, 5.41) is 9.22. The molecule has 0 aromatic heterocycles. The second-order valence-electron chi connectivity index (χ2n) is 3.41. The summed E-state index contributed by atoms with van der Waals surface area (Å²) in [6.07, 6.45) is 0.513. The van der Waals surface area contributed by atoms with Gasteiger partial charge in [-0.25, -0.2) is 0 Å². The zero-order valence-corrected chi connectivity index (χ0v) is 7.96. The van der Waals surface area contributed by atoms with Crippen molar-refractivity contribution in [2.45, 2.75) is 33.3 Å². The fourth-order valence-corrected chi connectivity index (χ4v) is 1.35. The molecule has 0 radical (unpaired) electrons. The van der Waals surface area contributed by atoms with Crippen LogP contribution in [0.3, 0.4) is 0 Å². The molecule has 0 aliphatic rings. The zero-order chi connectivity index (χ0) is 9.14. The number of aryl methyl sites for hydroxylation is 1. The Labute approximate surface area is 74.1 Å². The Morgan fingerprint density at radius 3 is 2.58 bits per heavy atom. The lowest BCUT2D eigenvalue weighted by molar-refractivity contribution is 0.195. The van der Waals surface area contributed by atoms with Crippen molar-refractivity contribution in [2.75, 3.05) is 0 Å². The van der Waals surface area contributed by atoms with Crippen molar-refractivity contribution in [3.05, 3.63) is 34.9 Å². The van der Waals surface area contributed by atoms with E-state index in [0.717, 1.165) is 6.42 Å². The third-order valence-corrected chi connectivity index (χ3v) is 2.23. The van der Waals surface area contributed by atoms with Crippen molar-refractivity contribution >= 4 is 0 Å². The first-order valence-electron chi connectivity index (χ1n) is 4.34. The minimum absolute atomic E-state index is 0.245. The molecule has 1 atom stereocenters. The predicted octanol–water partition coefficient (Wildman–Crippen LogP) is 2.23. The molecule has 0 heterocycles. The highest BCUT2D eigenvalue weighted by molar-refractivity contribution is 5.33. The zero-order valence-electron chi connectivity index (χ0n) is 7.96. The van der Waals surface area contributed by atoms with E-state index in [4.69, 9.17) is 0 Å². The highest BCUT2D eigenvalue weighted by Gasteiger charge is 2.03. The van der Waals surface area contributed by atoms with E-state index < -0.39 is 0 Å². The maximum absolute atomic E-state index is 9.22. The van der Waals surface area contributed by atoms with Gasteiger partial charge >= 0.3 is 0 Å². The van der Waals surface area contributed by atoms with Gasteiger partial charge in [-0.2, -0.15) is 0 Å². The van der Waals surface area contributed by atoms with Crippen molar-refractivity contribution < 1.29 is 5.11 Å². The van der Waals surface area contributed by atoms with Gasteiger partial charge in [-0.1, -0.05) is 18.2 Å². The Hall–Kier alpha value is -0.820. The van der Waals surface area contributed by atoms with Crippen LogP contribution in [-0.4, -0.2) is 11.2 Å². The van der Waals surface area contributed by atoms with Gasteiger partial charge in [0.15, 0.2) is 0 Å². The number of aliphatic hydroxyl groups excluding tert-OH is 1. The summed E-state index contributed by atoms with van der Waals surface area (Å²) < 4.78 is 0. The van der Waals surface area contributed by atoms with Crippen LogP contribution in [0.5, 0.6) is 0 Å². The quantitative estimate of drug-likeness (QED) is 0.710. The molecule has 1 rings (SSSR count). The van der Waals surface area contributed by atoms with Gasteiger partial charge in [0, 0.05) is 0 Å². The van der Waals surface area contributed by atoms with E-state index in [1.54, 1.807) is 0 Å². The topological polar surface area (TPSA) is 20.2 Å². The van der Waals surface area contributed by atoms with Crippen molar-refractivity contribution in [3.63, 3.8) is 0 Å². The minimum atomic E-state index is -0.245. The molecule has 1 aromatic carbocycles. The standard InChI is InChI=1S/C11H16O/c1-8-5-4-6-11(10(8)3)7-9(2)12/h4-6,9,12H,7H2,1-3H3/t9-/m1/s1. The predicted molar refractivity (Wildman–Crippen MR) is 51.3 cm³/mol. The molecule has 0 spiro atoms. The van der Waals surface area contributed by atoms with Gasteiger partial charge in [0.1, 0.15) is 0 Å². The molecule has 66 valence electrons. The van der Waals surface area contributed by atoms with Crippen LogP contribution in [0.15, 0.2) is 18.2 Å². The van der Waals surface area contributed by atoms with Gasteiger partial charge in [-0.05, 0) is 43.9 Å². The third kappa shape index (κ3) is 2.08. The second-order valence-corrected chi connectivity index (χ2v) is 3.41. The van der Waals surface area contributed by atoms with Crippen LogP contribution < -0.4 is 0 Å². The normalized spacial score (nSPS) is 13.0. The Bertz CT molecular complexity index is 264. The number of aliphatic hydroxyl groups is 1. The van der Waals surface area contributed by atoms with Gasteiger partial charge in [-0.3, -0.25) is 0 Å². The van der Waals surface area contributed by atoms with Gasteiger partial charge in [0.05, 0.1) is 6.10 Å². The van der Waals surface area contributed by atoms with Crippen LogP contribution in [0, 0.1) is 13.8 Å². The molecule has 0 unspecified atom stereocenters. The fraction of sp³-hybridized carbons (Fsp3) is 0.455. The summed E-state index contributed by atoms with van der Waals surface area (Å²) in [6.45, 7) is 6.02. The van der Waals surface area contributed by atoms with E-state index in [2.05, 4.69) is 26.0 Å². The summed E-state index contributed by atoms with van der Waals surface area (Å²) in [6, 6.07) is 6.22. The van der Waals surface area contributed by atoms with Crippen molar-refractivity contribution in [1.82, 2.24) is 0 Å². The largest absolute Gasteiger partial charge is 0.393 e. The molecule has 0 bridgehead atoms. The molecule has 0 saturated heterocycles. The van der Waals surface area contributed by atoms with E-state index in [9.17, 15) is 5.11 Å². The Morgan fingerprint density at radius 2 is 2.00 bits per heavy atom. The number of benzene rings is 1. The maximum atomic E-state index is 9.22. The lowest BCUT2D eigenvalue weighted by atomic mass is 9.99. The van der Waals surface area contributed by atoms with Crippen molar-refractivity contribution in [1.29, 1.82) is 0 Å². The van der Waals surface area contributed by atoms with E-state index in [0.29, 0.717) is 0 Å². The SMILES string of the molecule is Cc1cccc(C[C@@H](C)O)c1C. The molecule has 0 aliphatic heterocycles. The van der Waals surface area contributed by atoms with Crippen molar-refractivity contribution in [2.24, 2.45) is 0 Å². The summed E-state index contributed by atoms with van der Waals surface area (Å²) >= 11 is 0. The summed E-state index contributed by atoms with van der Waals surface area (Å²) in [4.78, 5) is 0. The van der Waals surface area contributed by atoms with E-state index in [-0.39, 0.29) is 6.10 Å². The Balaban J connectivity index is 2.92. The van der Waals surface area contributed by atoms with Gasteiger partial charge in [0.2, 0.25) is 0 Å². The molecule has 0 fully saturated rings. The molecule has 1 heteroatoms. The number of rotatable bonds is 2. The van der Waals surface area contributed by atoms with Crippen LogP contribution in [-0.2, 0) is 6.42 Å². The second kappa shape index (κ2) is 3.72. The average Bonchev–Trinajstić information content (AvgIpc) is 1.98. The molecular formula is C11H16O. The van der Waals surface area contributed by atoms with Crippen LogP contribution in [0.25, 0.3) is 0 Å². The summed E-state index contributed by atoms with van der Waals surface area (Å²) in [5.74, 6) is 0. The molecular weight excluding hydrogens is 148 g/mol. The lowest BCUT2D eigenvalue weighted by Crippen LogP contribution is -2.06. The van der Waals surface area contributed by atoms with Gasteiger partial charge in [-0.15, -0.1) is 0 Å².